The van der Waals surface area contributed by atoms with Crippen molar-refractivity contribution in [2.45, 2.75) is 38.5 Å². The molecule has 2 aliphatic rings. The maximum atomic E-state index is 9.25. The second-order valence-electron chi connectivity index (χ2n) is 4.55. The lowest BCUT2D eigenvalue weighted by Crippen LogP contribution is -2.25. The van der Waals surface area contributed by atoms with Gasteiger partial charge in [0.1, 0.15) is 0 Å². The van der Waals surface area contributed by atoms with Gasteiger partial charge in [0, 0.05) is 6.42 Å². The van der Waals surface area contributed by atoms with Crippen molar-refractivity contribution in [3.63, 3.8) is 0 Å². The Morgan fingerprint density at radius 2 is 2.31 bits per heavy atom. The van der Waals surface area contributed by atoms with Gasteiger partial charge in [-0.05, 0) is 37.5 Å². The van der Waals surface area contributed by atoms with Crippen LogP contribution < -0.4 is 0 Å². The van der Waals surface area contributed by atoms with E-state index in [1.807, 2.05) is 0 Å². The van der Waals surface area contributed by atoms with Crippen molar-refractivity contribution in [3.8, 4) is 18.4 Å². The molecular weight excluding hydrogens is 158 g/mol. The normalized spacial score (nSPS) is 41.4. The molecule has 0 spiro atoms. The molecule has 3 atom stereocenters. The van der Waals surface area contributed by atoms with Crippen LogP contribution in [0.4, 0.5) is 0 Å². The minimum absolute atomic E-state index is 0.0325. The molecule has 68 valence electrons. The van der Waals surface area contributed by atoms with Crippen molar-refractivity contribution in [1.29, 1.82) is 5.26 Å². The zero-order valence-electron chi connectivity index (χ0n) is 7.92. The lowest BCUT2D eigenvalue weighted by Gasteiger charge is -2.30. The zero-order chi connectivity index (χ0) is 9.31. The Labute approximate surface area is 80.1 Å². The highest BCUT2D eigenvalue weighted by atomic mass is 14.5. The highest BCUT2D eigenvalue weighted by Crippen LogP contribution is 2.57. The Kier molecular flexibility index (Phi) is 2.04. The fourth-order valence-electron chi connectivity index (χ4n) is 3.24. The van der Waals surface area contributed by atoms with Gasteiger partial charge in [0.05, 0.1) is 11.5 Å². The largest absolute Gasteiger partial charge is 0.198 e. The standard InChI is InChI=1S/C12H15N/c1-2-3-6-12(9-13)8-10-4-5-11(12)7-10/h1,10-11H,3-8H2. The second kappa shape index (κ2) is 3.08. The first-order chi connectivity index (χ1) is 6.30. The third-order valence-electron chi connectivity index (χ3n) is 3.91. The summed E-state index contributed by atoms with van der Waals surface area (Å²) in [7, 11) is 0. The van der Waals surface area contributed by atoms with Crippen molar-refractivity contribution in [2.75, 3.05) is 0 Å². The summed E-state index contributed by atoms with van der Waals surface area (Å²) in [6.07, 6.45) is 12.0. The number of nitriles is 1. The van der Waals surface area contributed by atoms with E-state index in [1.54, 1.807) is 0 Å². The summed E-state index contributed by atoms with van der Waals surface area (Å²) >= 11 is 0. The van der Waals surface area contributed by atoms with E-state index in [1.165, 1.54) is 19.3 Å². The molecule has 2 saturated carbocycles. The molecule has 1 heteroatoms. The molecule has 0 N–H and O–H groups in total. The van der Waals surface area contributed by atoms with Crippen LogP contribution in [0.3, 0.4) is 0 Å². The van der Waals surface area contributed by atoms with E-state index in [0.717, 1.165) is 25.2 Å². The topological polar surface area (TPSA) is 23.8 Å². The monoisotopic (exact) mass is 173 g/mol. The Morgan fingerprint density at radius 3 is 2.77 bits per heavy atom. The van der Waals surface area contributed by atoms with Crippen LogP contribution >= 0.6 is 0 Å². The quantitative estimate of drug-likeness (QED) is 0.589. The molecule has 13 heavy (non-hydrogen) atoms. The Morgan fingerprint density at radius 1 is 1.46 bits per heavy atom. The Bertz CT molecular complexity index is 280. The van der Waals surface area contributed by atoms with Crippen molar-refractivity contribution in [3.05, 3.63) is 0 Å². The van der Waals surface area contributed by atoms with Crippen molar-refractivity contribution in [2.24, 2.45) is 17.3 Å². The van der Waals surface area contributed by atoms with Crippen molar-refractivity contribution >= 4 is 0 Å². The van der Waals surface area contributed by atoms with E-state index in [-0.39, 0.29) is 5.41 Å². The van der Waals surface area contributed by atoms with E-state index in [0.29, 0.717) is 5.92 Å². The summed E-state index contributed by atoms with van der Waals surface area (Å²) in [6, 6.07) is 2.55. The summed E-state index contributed by atoms with van der Waals surface area (Å²) in [6.45, 7) is 0. The Hall–Kier alpha value is -0.950. The minimum Gasteiger partial charge on any atom is -0.198 e. The summed E-state index contributed by atoms with van der Waals surface area (Å²) in [5.41, 5.74) is -0.0325. The maximum absolute atomic E-state index is 9.25. The van der Waals surface area contributed by atoms with Gasteiger partial charge in [0.2, 0.25) is 0 Å². The zero-order valence-corrected chi connectivity index (χ0v) is 7.92. The van der Waals surface area contributed by atoms with Crippen LogP contribution in [0.15, 0.2) is 0 Å². The van der Waals surface area contributed by atoms with Crippen molar-refractivity contribution < 1.29 is 0 Å². The van der Waals surface area contributed by atoms with Gasteiger partial charge in [-0.25, -0.2) is 0 Å². The fraction of sp³-hybridized carbons (Fsp3) is 0.750. The van der Waals surface area contributed by atoms with Gasteiger partial charge in [-0.2, -0.15) is 5.26 Å². The predicted octanol–water partition coefficient (Wildman–Crippen LogP) is 2.73. The van der Waals surface area contributed by atoms with Crippen LogP contribution in [0.5, 0.6) is 0 Å². The molecule has 0 amide bonds. The van der Waals surface area contributed by atoms with Crippen LogP contribution in [0.25, 0.3) is 0 Å². The first-order valence-electron chi connectivity index (χ1n) is 5.15. The van der Waals surface area contributed by atoms with E-state index in [4.69, 9.17) is 6.42 Å². The highest BCUT2D eigenvalue weighted by molar-refractivity contribution is 5.12. The molecule has 0 aromatic carbocycles. The molecule has 1 nitrogen and oxygen atoms in total. The molecular formula is C12H15N. The third kappa shape index (κ3) is 1.24. The van der Waals surface area contributed by atoms with Gasteiger partial charge in [0.15, 0.2) is 0 Å². The van der Waals surface area contributed by atoms with Gasteiger partial charge in [0.25, 0.3) is 0 Å². The highest BCUT2D eigenvalue weighted by Gasteiger charge is 2.50. The smallest absolute Gasteiger partial charge is 0.0693 e. The molecule has 0 radical (unpaired) electrons. The van der Waals surface area contributed by atoms with Crippen LogP contribution in [0, 0.1) is 40.9 Å². The molecule has 2 fully saturated rings. The van der Waals surface area contributed by atoms with E-state index >= 15 is 0 Å². The van der Waals surface area contributed by atoms with E-state index in [9.17, 15) is 5.26 Å². The lowest BCUT2D eigenvalue weighted by molar-refractivity contribution is 0.226. The first kappa shape index (κ1) is 8.64. The van der Waals surface area contributed by atoms with Crippen LogP contribution in [0.2, 0.25) is 0 Å². The number of rotatable bonds is 2. The van der Waals surface area contributed by atoms with E-state index in [2.05, 4.69) is 12.0 Å². The van der Waals surface area contributed by atoms with Crippen LogP contribution in [-0.4, -0.2) is 0 Å². The van der Waals surface area contributed by atoms with Gasteiger partial charge < -0.3 is 0 Å². The minimum atomic E-state index is -0.0325. The van der Waals surface area contributed by atoms with Gasteiger partial charge in [-0.1, -0.05) is 6.42 Å². The molecule has 0 aromatic heterocycles. The molecule has 2 rings (SSSR count). The molecule has 0 aliphatic heterocycles. The molecule has 2 aliphatic carbocycles. The molecule has 0 aromatic rings. The third-order valence-corrected chi connectivity index (χ3v) is 3.91. The molecule has 0 saturated heterocycles. The summed E-state index contributed by atoms with van der Waals surface area (Å²) in [4.78, 5) is 0. The lowest BCUT2D eigenvalue weighted by atomic mass is 9.71. The summed E-state index contributed by atoms with van der Waals surface area (Å²) in [5.74, 6) is 4.16. The number of hydrogen-bond donors (Lipinski definition) is 0. The van der Waals surface area contributed by atoms with E-state index < -0.39 is 0 Å². The van der Waals surface area contributed by atoms with Gasteiger partial charge in [-0.3, -0.25) is 0 Å². The summed E-state index contributed by atoms with van der Waals surface area (Å²) < 4.78 is 0. The maximum Gasteiger partial charge on any atom is 0.0693 e. The summed E-state index contributed by atoms with van der Waals surface area (Å²) in [5, 5.41) is 9.25. The molecule has 2 bridgehead atoms. The number of terminal acetylenes is 1. The number of nitrogens with zero attached hydrogens (tertiary/aromatic N) is 1. The van der Waals surface area contributed by atoms with Crippen LogP contribution in [-0.2, 0) is 0 Å². The second-order valence-corrected chi connectivity index (χ2v) is 4.55. The first-order valence-corrected chi connectivity index (χ1v) is 5.15. The number of hydrogen-bond acceptors (Lipinski definition) is 1. The molecule has 0 heterocycles. The Balaban J connectivity index is 2.10. The fourth-order valence-corrected chi connectivity index (χ4v) is 3.24. The van der Waals surface area contributed by atoms with Gasteiger partial charge >= 0.3 is 0 Å². The van der Waals surface area contributed by atoms with Gasteiger partial charge in [-0.15, -0.1) is 12.3 Å². The van der Waals surface area contributed by atoms with Crippen LogP contribution in [0.1, 0.15) is 38.5 Å². The molecule has 3 unspecified atom stereocenters. The average molecular weight is 173 g/mol. The predicted molar refractivity (Wildman–Crippen MR) is 51.6 cm³/mol. The van der Waals surface area contributed by atoms with Crippen molar-refractivity contribution in [1.82, 2.24) is 0 Å². The SMILES string of the molecule is C#CCCC1(C#N)CC2CCC1C2. The average Bonchev–Trinajstić information content (AvgIpc) is 2.74. The number of fused-ring (bicyclic) bond motifs is 2.